The third kappa shape index (κ3) is 2.84. The quantitative estimate of drug-likeness (QED) is 0.873. The van der Waals surface area contributed by atoms with Crippen LogP contribution in [0.3, 0.4) is 0 Å². The Balaban J connectivity index is 2.25. The van der Waals surface area contributed by atoms with Gasteiger partial charge < -0.3 is 11.1 Å². The van der Waals surface area contributed by atoms with Crippen LogP contribution < -0.4 is 11.1 Å². The fourth-order valence-electron chi connectivity index (χ4n) is 1.88. The lowest BCUT2D eigenvalue weighted by Crippen LogP contribution is -2.20. The zero-order valence-corrected chi connectivity index (χ0v) is 10.9. The Morgan fingerprint density at radius 3 is 3.00 bits per heavy atom. The molecule has 1 atom stereocenters. The Morgan fingerprint density at radius 1 is 1.53 bits per heavy atom. The van der Waals surface area contributed by atoms with Crippen LogP contribution in [0.1, 0.15) is 22.0 Å². The molecule has 2 rings (SSSR count). The first kappa shape index (κ1) is 12.1. The van der Waals surface area contributed by atoms with Crippen molar-refractivity contribution in [2.75, 3.05) is 12.8 Å². The average molecular weight is 247 g/mol. The second kappa shape index (κ2) is 5.29. The van der Waals surface area contributed by atoms with Crippen LogP contribution in [0.5, 0.6) is 0 Å². The normalized spacial score (nSPS) is 12.6. The molecule has 2 aromatic rings. The van der Waals surface area contributed by atoms with E-state index in [4.69, 9.17) is 5.73 Å². The second-order valence-electron chi connectivity index (χ2n) is 4.11. The Morgan fingerprint density at radius 2 is 2.35 bits per heavy atom. The zero-order valence-electron chi connectivity index (χ0n) is 10.1. The van der Waals surface area contributed by atoms with Gasteiger partial charge in [0.15, 0.2) is 0 Å². The highest BCUT2D eigenvalue weighted by Crippen LogP contribution is 2.24. The molecule has 0 aliphatic carbocycles. The molecule has 90 valence electrons. The number of thiophene rings is 1. The lowest BCUT2D eigenvalue weighted by molar-refractivity contribution is 0.596. The van der Waals surface area contributed by atoms with Crippen LogP contribution in [0.4, 0.5) is 5.82 Å². The van der Waals surface area contributed by atoms with Crippen LogP contribution in [0.25, 0.3) is 0 Å². The van der Waals surface area contributed by atoms with E-state index in [0.29, 0.717) is 5.82 Å². The van der Waals surface area contributed by atoms with Crippen LogP contribution >= 0.6 is 11.3 Å². The molecule has 0 bridgehead atoms. The second-order valence-corrected chi connectivity index (χ2v) is 5.14. The van der Waals surface area contributed by atoms with Gasteiger partial charge >= 0.3 is 0 Å². The summed E-state index contributed by atoms with van der Waals surface area (Å²) in [6.45, 7) is 2.04. The van der Waals surface area contributed by atoms with Crippen molar-refractivity contribution in [3.05, 3.63) is 45.8 Å². The van der Waals surface area contributed by atoms with E-state index in [9.17, 15) is 0 Å². The number of pyridine rings is 1. The summed E-state index contributed by atoms with van der Waals surface area (Å²) in [5, 5.41) is 5.41. The number of nitrogen functional groups attached to an aromatic ring is 1. The van der Waals surface area contributed by atoms with Crippen molar-refractivity contribution in [1.82, 2.24) is 10.3 Å². The van der Waals surface area contributed by atoms with Crippen LogP contribution in [-0.2, 0) is 6.42 Å². The molecule has 2 aromatic heterocycles. The predicted octanol–water partition coefficient (Wildman–Crippen LogP) is 2.54. The van der Waals surface area contributed by atoms with E-state index in [1.165, 1.54) is 4.88 Å². The maximum Gasteiger partial charge on any atom is 0.128 e. The van der Waals surface area contributed by atoms with Gasteiger partial charge in [0.1, 0.15) is 5.82 Å². The Hall–Kier alpha value is -1.39. The number of nitrogens with two attached hydrogens (primary N) is 1. The molecular formula is C13H17N3S. The molecule has 0 aromatic carbocycles. The summed E-state index contributed by atoms with van der Waals surface area (Å²) >= 11 is 1.77. The molecule has 0 saturated heterocycles. The molecule has 0 aliphatic heterocycles. The van der Waals surface area contributed by atoms with Gasteiger partial charge in [-0.25, -0.2) is 4.98 Å². The molecule has 0 radical (unpaired) electrons. The SMILES string of the molecule is CNC(Cc1cccs1)c1cc(C)cnc1N. The topological polar surface area (TPSA) is 50.9 Å². The summed E-state index contributed by atoms with van der Waals surface area (Å²) < 4.78 is 0. The minimum absolute atomic E-state index is 0.223. The minimum atomic E-state index is 0.223. The van der Waals surface area contributed by atoms with Crippen molar-refractivity contribution in [3.63, 3.8) is 0 Å². The number of aryl methyl sites for hydroxylation is 1. The van der Waals surface area contributed by atoms with Crippen LogP contribution in [0, 0.1) is 6.92 Å². The van der Waals surface area contributed by atoms with Gasteiger partial charge in [0.2, 0.25) is 0 Å². The molecule has 1 unspecified atom stereocenters. The first-order chi connectivity index (χ1) is 8.20. The number of likely N-dealkylation sites (N-methyl/N-ethyl adjacent to an activating group) is 1. The third-order valence-corrected chi connectivity index (χ3v) is 3.69. The van der Waals surface area contributed by atoms with Gasteiger partial charge in [0, 0.05) is 29.1 Å². The number of hydrogen-bond donors (Lipinski definition) is 2. The zero-order chi connectivity index (χ0) is 12.3. The molecule has 0 saturated carbocycles. The van der Waals surface area contributed by atoms with Crippen molar-refractivity contribution in [3.8, 4) is 0 Å². The number of nitrogens with one attached hydrogen (secondary N) is 1. The Kier molecular flexibility index (Phi) is 3.76. The predicted molar refractivity (Wildman–Crippen MR) is 73.2 cm³/mol. The van der Waals surface area contributed by atoms with E-state index in [0.717, 1.165) is 17.5 Å². The Bertz CT molecular complexity index is 479. The lowest BCUT2D eigenvalue weighted by atomic mass is 10.0. The Labute approximate surface area is 106 Å². The van der Waals surface area contributed by atoms with Gasteiger partial charge in [-0.1, -0.05) is 6.07 Å². The number of hydrogen-bond acceptors (Lipinski definition) is 4. The molecular weight excluding hydrogens is 230 g/mol. The first-order valence-electron chi connectivity index (χ1n) is 5.62. The van der Waals surface area contributed by atoms with E-state index in [1.54, 1.807) is 17.5 Å². The van der Waals surface area contributed by atoms with Crippen molar-refractivity contribution in [2.24, 2.45) is 0 Å². The van der Waals surface area contributed by atoms with Crippen molar-refractivity contribution in [1.29, 1.82) is 0 Å². The minimum Gasteiger partial charge on any atom is -0.383 e. The summed E-state index contributed by atoms with van der Waals surface area (Å²) in [7, 11) is 1.96. The largest absolute Gasteiger partial charge is 0.383 e. The van der Waals surface area contributed by atoms with Crippen LogP contribution in [0.2, 0.25) is 0 Å². The smallest absolute Gasteiger partial charge is 0.128 e. The van der Waals surface area contributed by atoms with Gasteiger partial charge in [-0.2, -0.15) is 0 Å². The first-order valence-corrected chi connectivity index (χ1v) is 6.50. The summed E-state index contributed by atoms with van der Waals surface area (Å²) in [4.78, 5) is 5.57. The van der Waals surface area contributed by atoms with E-state index in [1.807, 2.05) is 14.0 Å². The summed E-state index contributed by atoms with van der Waals surface area (Å²) in [5.41, 5.74) is 8.17. The van der Waals surface area contributed by atoms with Crippen LogP contribution in [0.15, 0.2) is 29.8 Å². The van der Waals surface area contributed by atoms with E-state index in [2.05, 4.69) is 33.9 Å². The molecule has 0 amide bonds. The third-order valence-electron chi connectivity index (χ3n) is 2.80. The van der Waals surface area contributed by atoms with Gasteiger partial charge in [0.05, 0.1) is 0 Å². The number of aromatic nitrogens is 1. The average Bonchev–Trinajstić information content (AvgIpc) is 2.82. The number of rotatable bonds is 4. The van der Waals surface area contributed by atoms with Gasteiger partial charge in [-0.05, 0) is 37.0 Å². The number of anilines is 1. The molecule has 3 N–H and O–H groups in total. The molecule has 0 fully saturated rings. The summed E-state index contributed by atoms with van der Waals surface area (Å²) in [5.74, 6) is 0.617. The molecule has 0 spiro atoms. The highest BCUT2D eigenvalue weighted by Gasteiger charge is 2.14. The van der Waals surface area contributed by atoms with Crippen molar-refractivity contribution < 1.29 is 0 Å². The summed E-state index contributed by atoms with van der Waals surface area (Å²) in [6.07, 6.45) is 2.75. The fraction of sp³-hybridized carbons (Fsp3) is 0.308. The summed E-state index contributed by atoms with van der Waals surface area (Å²) in [6, 6.07) is 6.55. The number of nitrogens with zero attached hydrogens (tertiary/aromatic N) is 1. The molecule has 0 aliphatic rings. The molecule has 17 heavy (non-hydrogen) atoms. The lowest BCUT2D eigenvalue weighted by Gasteiger charge is -2.17. The van der Waals surface area contributed by atoms with Gasteiger partial charge in [0.25, 0.3) is 0 Å². The van der Waals surface area contributed by atoms with E-state index < -0.39 is 0 Å². The van der Waals surface area contributed by atoms with Gasteiger partial charge in [-0.3, -0.25) is 0 Å². The highest BCUT2D eigenvalue weighted by atomic mass is 32.1. The molecule has 3 nitrogen and oxygen atoms in total. The van der Waals surface area contributed by atoms with Crippen molar-refractivity contribution >= 4 is 17.2 Å². The monoisotopic (exact) mass is 247 g/mol. The van der Waals surface area contributed by atoms with Crippen molar-refractivity contribution in [2.45, 2.75) is 19.4 Å². The standard InChI is InChI=1S/C13H17N3S/c1-9-6-11(13(14)16-8-9)12(15-2)7-10-4-3-5-17-10/h3-6,8,12,15H,7H2,1-2H3,(H2,14,16). The van der Waals surface area contributed by atoms with E-state index in [-0.39, 0.29) is 6.04 Å². The maximum atomic E-state index is 5.95. The molecule has 2 heterocycles. The fourth-order valence-corrected chi connectivity index (χ4v) is 2.63. The maximum absolute atomic E-state index is 5.95. The molecule has 4 heteroatoms. The van der Waals surface area contributed by atoms with E-state index >= 15 is 0 Å². The van der Waals surface area contributed by atoms with Crippen LogP contribution in [-0.4, -0.2) is 12.0 Å². The highest BCUT2D eigenvalue weighted by molar-refractivity contribution is 7.09. The van der Waals surface area contributed by atoms with Gasteiger partial charge in [-0.15, -0.1) is 11.3 Å².